The lowest BCUT2D eigenvalue weighted by Crippen LogP contribution is -2.12. The van der Waals surface area contributed by atoms with E-state index >= 15 is 0 Å². The minimum Gasteiger partial charge on any atom is -0.465 e. The lowest BCUT2D eigenvalue weighted by Gasteiger charge is -2.12. The summed E-state index contributed by atoms with van der Waals surface area (Å²) >= 11 is 0. The van der Waals surface area contributed by atoms with E-state index in [4.69, 9.17) is 9.47 Å². The van der Waals surface area contributed by atoms with Gasteiger partial charge in [0.2, 0.25) is 0 Å². The van der Waals surface area contributed by atoms with Crippen LogP contribution in [0.25, 0.3) is 0 Å². The zero-order chi connectivity index (χ0) is 13.0. The van der Waals surface area contributed by atoms with Crippen molar-refractivity contribution in [1.82, 2.24) is 4.98 Å². The molecule has 1 heterocycles. The van der Waals surface area contributed by atoms with Gasteiger partial charge in [0, 0.05) is 12.8 Å². The molecular formula is C14H19NO3. The van der Waals surface area contributed by atoms with Crippen LogP contribution >= 0.6 is 0 Å². The molecule has 0 atom stereocenters. The average Bonchev–Trinajstić information content (AvgIpc) is 2.62. The van der Waals surface area contributed by atoms with E-state index in [9.17, 15) is 4.79 Å². The lowest BCUT2D eigenvalue weighted by atomic mass is 10.0. The van der Waals surface area contributed by atoms with Gasteiger partial charge >= 0.3 is 5.97 Å². The number of carbonyl (C=O) groups is 1. The van der Waals surface area contributed by atoms with Gasteiger partial charge in [-0.05, 0) is 37.3 Å². The highest BCUT2D eigenvalue weighted by molar-refractivity contribution is 5.90. The highest BCUT2D eigenvalue weighted by atomic mass is 16.5. The second-order valence-corrected chi connectivity index (χ2v) is 4.57. The molecule has 4 nitrogen and oxygen atoms in total. The Hall–Kier alpha value is -1.42. The number of pyridine rings is 1. The predicted octanol–water partition coefficient (Wildman–Crippen LogP) is 2.28. The van der Waals surface area contributed by atoms with Crippen molar-refractivity contribution in [2.45, 2.75) is 38.7 Å². The molecule has 0 aromatic carbocycles. The zero-order valence-corrected chi connectivity index (χ0v) is 11.0. The van der Waals surface area contributed by atoms with Crippen LogP contribution in [0.1, 0.15) is 46.6 Å². The van der Waals surface area contributed by atoms with Crippen LogP contribution in [-0.2, 0) is 28.9 Å². The van der Waals surface area contributed by atoms with E-state index in [1.807, 2.05) is 6.07 Å². The number of esters is 1. The van der Waals surface area contributed by atoms with E-state index < -0.39 is 0 Å². The van der Waals surface area contributed by atoms with Crippen LogP contribution < -0.4 is 0 Å². The first-order valence-corrected chi connectivity index (χ1v) is 6.35. The van der Waals surface area contributed by atoms with Crippen molar-refractivity contribution in [3.05, 3.63) is 28.6 Å². The van der Waals surface area contributed by atoms with Gasteiger partial charge in [-0.25, -0.2) is 4.79 Å². The molecule has 0 saturated carbocycles. The summed E-state index contributed by atoms with van der Waals surface area (Å²) in [5.41, 5.74) is 3.53. The molecule has 0 saturated heterocycles. The topological polar surface area (TPSA) is 48.4 Å². The highest BCUT2D eigenvalue weighted by Crippen LogP contribution is 2.22. The molecule has 1 aliphatic rings. The minimum atomic E-state index is -0.332. The van der Waals surface area contributed by atoms with Crippen molar-refractivity contribution in [1.29, 1.82) is 0 Å². The fourth-order valence-corrected chi connectivity index (χ4v) is 2.39. The quantitative estimate of drug-likeness (QED) is 0.609. The Bertz CT molecular complexity index is 443. The van der Waals surface area contributed by atoms with E-state index in [-0.39, 0.29) is 5.97 Å². The van der Waals surface area contributed by atoms with Crippen LogP contribution in [0.3, 0.4) is 0 Å². The number of aromatic nitrogens is 1. The first-order valence-electron chi connectivity index (χ1n) is 6.35. The molecule has 0 aliphatic heterocycles. The number of hydrogen-bond acceptors (Lipinski definition) is 4. The Morgan fingerprint density at radius 2 is 2.06 bits per heavy atom. The molecule has 2 rings (SSSR count). The highest BCUT2D eigenvalue weighted by Gasteiger charge is 2.18. The monoisotopic (exact) mass is 249 g/mol. The number of carbonyl (C=O) groups excluding carboxylic acids is 1. The molecule has 0 fully saturated rings. The van der Waals surface area contributed by atoms with Crippen LogP contribution in [0.4, 0.5) is 0 Å². The minimum absolute atomic E-state index is 0.332. The van der Waals surface area contributed by atoms with Crippen LogP contribution in [-0.4, -0.2) is 25.2 Å². The van der Waals surface area contributed by atoms with Gasteiger partial charge in [-0.3, -0.25) is 4.98 Å². The smallest absolute Gasteiger partial charge is 0.339 e. The van der Waals surface area contributed by atoms with E-state index in [0.717, 1.165) is 18.5 Å². The van der Waals surface area contributed by atoms with Crippen molar-refractivity contribution >= 4 is 5.97 Å². The first-order chi connectivity index (χ1) is 8.76. The Balaban J connectivity index is 2.43. The Morgan fingerprint density at radius 3 is 2.78 bits per heavy atom. The van der Waals surface area contributed by atoms with Gasteiger partial charge in [-0.1, -0.05) is 6.42 Å². The molecule has 0 amide bonds. The molecule has 1 aromatic heterocycles. The van der Waals surface area contributed by atoms with Crippen molar-refractivity contribution in [3.8, 4) is 0 Å². The predicted molar refractivity (Wildman–Crippen MR) is 67.5 cm³/mol. The molecule has 0 radical (unpaired) electrons. The van der Waals surface area contributed by atoms with Gasteiger partial charge in [-0.15, -0.1) is 0 Å². The summed E-state index contributed by atoms with van der Waals surface area (Å²) in [6.07, 6.45) is 5.56. The van der Waals surface area contributed by atoms with Gasteiger partial charge < -0.3 is 9.47 Å². The number of fused-ring (bicyclic) bond motifs is 1. The summed E-state index contributed by atoms with van der Waals surface area (Å²) < 4.78 is 9.93. The second kappa shape index (κ2) is 5.96. The van der Waals surface area contributed by atoms with Crippen molar-refractivity contribution < 1.29 is 14.3 Å². The summed E-state index contributed by atoms with van der Waals surface area (Å²) in [5.74, 6) is -0.332. The van der Waals surface area contributed by atoms with Crippen molar-refractivity contribution in [2.75, 3.05) is 14.2 Å². The Morgan fingerprint density at radius 1 is 1.28 bits per heavy atom. The third kappa shape index (κ3) is 2.70. The lowest BCUT2D eigenvalue weighted by molar-refractivity contribution is 0.0594. The van der Waals surface area contributed by atoms with E-state index in [1.54, 1.807) is 7.11 Å². The molecule has 1 aliphatic carbocycles. The first kappa shape index (κ1) is 13.0. The molecule has 0 bridgehead atoms. The van der Waals surface area contributed by atoms with Crippen molar-refractivity contribution in [3.63, 3.8) is 0 Å². The molecule has 0 spiro atoms. The van der Waals surface area contributed by atoms with Crippen LogP contribution in [0.15, 0.2) is 6.07 Å². The van der Waals surface area contributed by atoms with E-state index in [0.29, 0.717) is 17.9 Å². The molecule has 0 N–H and O–H groups in total. The Labute approximate surface area is 107 Å². The van der Waals surface area contributed by atoms with Gasteiger partial charge in [0.05, 0.1) is 25.0 Å². The summed E-state index contributed by atoms with van der Waals surface area (Å²) in [7, 11) is 3.00. The number of nitrogens with zero attached hydrogens (tertiary/aromatic N) is 1. The van der Waals surface area contributed by atoms with Crippen molar-refractivity contribution in [2.24, 2.45) is 0 Å². The van der Waals surface area contributed by atoms with Gasteiger partial charge in [0.1, 0.15) is 0 Å². The molecule has 98 valence electrons. The third-order valence-corrected chi connectivity index (χ3v) is 3.32. The number of rotatable bonds is 3. The maximum absolute atomic E-state index is 11.8. The largest absolute Gasteiger partial charge is 0.465 e. The fourth-order valence-electron chi connectivity index (χ4n) is 2.39. The fraction of sp³-hybridized carbons (Fsp3) is 0.571. The number of aryl methyl sites for hydroxylation is 2. The van der Waals surface area contributed by atoms with Gasteiger partial charge in [-0.2, -0.15) is 0 Å². The molecule has 1 aromatic rings. The maximum atomic E-state index is 11.8. The second-order valence-electron chi connectivity index (χ2n) is 4.57. The Kier molecular flexibility index (Phi) is 4.31. The summed E-state index contributed by atoms with van der Waals surface area (Å²) in [6.45, 7) is 0.345. The van der Waals surface area contributed by atoms with E-state index in [2.05, 4.69) is 4.98 Å². The molecule has 18 heavy (non-hydrogen) atoms. The number of methoxy groups -OCH3 is 2. The van der Waals surface area contributed by atoms with Crippen LogP contribution in [0.2, 0.25) is 0 Å². The van der Waals surface area contributed by atoms with Crippen LogP contribution in [0.5, 0.6) is 0 Å². The summed E-state index contributed by atoms with van der Waals surface area (Å²) in [6, 6.07) is 1.94. The SMILES string of the molecule is COCc1nc2c(cc1C(=O)OC)CCCCC2. The standard InChI is InChI=1S/C14H19NO3/c1-17-9-13-11(14(16)18-2)8-10-6-4-3-5-7-12(10)15-13/h8H,3-7,9H2,1-2H3. The molecule has 4 heteroatoms. The summed E-state index contributed by atoms with van der Waals surface area (Å²) in [5, 5.41) is 0. The molecular weight excluding hydrogens is 230 g/mol. The van der Waals surface area contributed by atoms with Gasteiger partial charge in [0.25, 0.3) is 0 Å². The average molecular weight is 249 g/mol. The normalized spacial score (nSPS) is 14.8. The van der Waals surface area contributed by atoms with Crippen LogP contribution in [0, 0.1) is 0 Å². The number of hydrogen-bond donors (Lipinski definition) is 0. The number of ether oxygens (including phenoxy) is 2. The van der Waals surface area contributed by atoms with E-state index in [1.165, 1.54) is 31.9 Å². The zero-order valence-electron chi connectivity index (χ0n) is 11.0. The maximum Gasteiger partial charge on any atom is 0.339 e. The third-order valence-electron chi connectivity index (χ3n) is 3.32. The molecule has 0 unspecified atom stereocenters. The summed E-state index contributed by atoms with van der Waals surface area (Å²) in [4.78, 5) is 16.4. The van der Waals surface area contributed by atoms with Gasteiger partial charge in [0.15, 0.2) is 0 Å².